The van der Waals surface area contributed by atoms with E-state index in [0.29, 0.717) is 16.0 Å². The first-order valence-corrected chi connectivity index (χ1v) is 6.96. The van der Waals surface area contributed by atoms with Crippen molar-refractivity contribution in [3.63, 3.8) is 0 Å². The quantitative estimate of drug-likeness (QED) is 0.851. The Morgan fingerprint density at radius 1 is 1.22 bits per heavy atom. The highest BCUT2D eigenvalue weighted by molar-refractivity contribution is 7.99. The monoisotopic (exact) mass is 299 g/mol. The zero-order valence-electron chi connectivity index (χ0n) is 9.65. The van der Waals surface area contributed by atoms with Gasteiger partial charge in [0.05, 0.1) is 11.2 Å². The molecule has 6 heteroatoms. The van der Waals surface area contributed by atoms with Gasteiger partial charge in [0, 0.05) is 16.5 Å². The maximum Gasteiger partial charge on any atom is 0.223 e. The number of rotatable bonds is 4. The molecule has 1 N–H and O–H groups in total. The molecule has 0 fully saturated rings. The Hall–Kier alpha value is -0.970. The summed E-state index contributed by atoms with van der Waals surface area (Å²) < 4.78 is 0. The third-order valence-corrected chi connectivity index (χ3v) is 3.73. The molecule has 0 bridgehead atoms. The van der Waals surface area contributed by atoms with E-state index in [0.717, 1.165) is 16.5 Å². The normalized spacial score (nSPS) is 10.4. The molecule has 0 atom stereocenters. The second-order valence-electron chi connectivity index (χ2n) is 3.43. The molecule has 0 radical (unpaired) electrons. The van der Waals surface area contributed by atoms with Crippen LogP contribution in [0.4, 0.5) is 5.95 Å². The van der Waals surface area contributed by atoms with Crippen LogP contribution in [0.1, 0.15) is 6.92 Å². The van der Waals surface area contributed by atoms with Gasteiger partial charge in [0.15, 0.2) is 0 Å². The van der Waals surface area contributed by atoms with Crippen molar-refractivity contribution in [3.8, 4) is 0 Å². The lowest BCUT2D eigenvalue weighted by atomic mass is 10.4. The van der Waals surface area contributed by atoms with Crippen molar-refractivity contribution in [3.05, 3.63) is 40.5 Å². The van der Waals surface area contributed by atoms with E-state index in [2.05, 4.69) is 15.3 Å². The van der Waals surface area contributed by atoms with Crippen molar-refractivity contribution in [2.24, 2.45) is 0 Å². The summed E-state index contributed by atoms with van der Waals surface area (Å²) in [5, 5.41) is 5.03. The molecule has 0 aliphatic carbocycles. The Kier molecular flexibility index (Phi) is 4.69. The molecule has 0 spiro atoms. The lowest BCUT2D eigenvalue weighted by Crippen LogP contribution is -2.02. The number of hydrogen-bond donors (Lipinski definition) is 1. The summed E-state index contributed by atoms with van der Waals surface area (Å²) in [6.45, 7) is 2.76. The highest BCUT2D eigenvalue weighted by atomic mass is 35.5. The van der Waals surface area contributed by atoms with E-state index in [-0.39, 0.29) is 0 Å². The van der Waals surface area contributed by atoms with Crippen LogP contribution < -0.4 is 5.32 Å². The van der Waals surface area contributed by atoms with E-state index in [9.17, 15) is 0 Å². The van der Waals surface area contributed by atoms with Crippen molar-refractivity contribution >= 4 is 40.9 Å². The van der Waals surface area contributed by atoms with Crippen molar-refractivity contribution in [2.75, 3.05) is 11.9 Å². The number of anilines is 1. The zero-order chi connectivity index (χ0) is 13.0. The lowest BCUT2D eigenvalue weighted by molar-refractivity contribution is 1.01. The third-order valence-electron chi connectivity index (χ3n) is 2.07. The molecule has 0 saturated carbocycles. The van der Waals surface area contributed by atoms with Gasteiger partial charge in [-0.1, -0.05) is 35.0 Å². The molecule has 2 rings (SSSR count). The minimum atomic E-state index is 0.539. The Bertz CT molecular complexity index is 531. The largest absolute Gasteiger partial charge is 0.354 e. The molecule has 94 valence electrons. The second-order valence-corrected chi connectivity index (χ2v) is 5.34. The minimum Gasteiger partial charge on any atom is -0.354 e. The second kappa shape index (κ2) is 6.27. The molecule has 2 aromatic rings. The topological polar surface area (TPSA) is 37.8 Å². The standard InChI is InChI=1S/C12H11Cl2N3S/c1-2-15-12-16-7-10(14)11(17-12)18-9-5-3-8(13)4-6-9/h3-7H,2H2,1H3,(H,15,16,17). The summed E-state index contributed by atoms with van der Waals surface area (Å²) in [4.78, 5) is 9.48. The van der Waals surface area contributed by atoms with Crippen LogP contribution in [0.25, 0.3) is 0 Å². The summed E-state index contributed by atoms with van der Waals surface area (Å²) in [5.74, 6) is 0.582. The minimum absolute atomic E-state index is 0.539. The van der Waals surface area contributed by atoms with Crippen LogP contribution in [0.5, 0.6) is 0 Å². The van der Waals surface area contributed by atoms with Crippen LogP contribution in [0.15, 0.2) is 40.4 Å². The van der Waals surface area contributed by atoms with Crippen molar-refractivity contribution in [1.29, 1.82) is 0 Å². The maximum atomic E-state index is 6.08. The van der Waals surface area contributed by atoms with Gasteiger partial charge < -0.3 is 5.32 Å². The first-order valence-electron chi connectivity index (χ1n) is 5.39. The molecule has 0 amide bonds. The Balaban J connectivity index is 2.22. The van der Waals surface area contributed by atoms with Crippen LogP contribution in [-0.4, -0.2) is 16.5 Å². The highest BCUT2D eigenvalue weighted by Gasteiger charge is 2.07. The summed E-state index contributed by atoms with van der Waals surface area (Å²) in [7, 11) is 0. The summed E-state index contributed by atoms with van der Waals surface area (Å²) in [6, 6.07) is 7.53. The van der Waals surface area contributed by atoms with Gasteiger partial charge in [-0.25, -0.2) is 9.97 Å². The fraction of sp³-hybridized carbons (Fsp3) is 0.167. The Morgan fingerprint density at radius 2 is 1.94 bits per heavy atom. The fourth-order valence-corrected chi connectivity index (χ4v) is 2.39. The molecule has 3 nitrogen and oxygen atoms in total. The van der Waals surface area contributed by atoms with Gasteiger partial charge in [0.2, 0.25) is 5.95 Å². The predicted molar refractivity (Wildman–Crippen MR) is 76.8 cm³/mol. The van der Waals surface area contributed by atoms with Crippen LogP contribution in [0.2, 0.25) is 10.0 Å². The molecule has 1 aromatic carbocycles. The summed E-state index contributed by atoms with van der Waals surface area (Å²) >= 11 is 13.4. The van der Waals surface area contributed by atoms with Gasteiger partial charge in [0.25, 0.3) is 0 Å². The summed E-state index contributed by atoms with van der Waals surface area (Å²) in [5.41, 5.74) is 0. The van der Waals surface area contributed by atoms with Crippen LogP contribution in [-0.2, 0) is 0 Å². The molecule has 0 unspecified atom stereocenters. The smallest absolute Gasteiger partial charge is 0.223 e. The molecular weight excluding hydrogens is 289 g/mol. The predicted octanol–water partition coefficient (Wildman–Crippen LogP) is 4.37. The number of hydrogen-bond acceptors (Lipinski definition) is 4. The zero-order valence-corrected chi connectivity index (χ0v) is 12.0. The molecule has 0 aliphatic rings. The van der Waals surface area contributed by atoms with E-state index in [4.69, 9.17) is 23.2 Å². The Morgan fingerprint density at radius 3 is 2.61 bits per heavy atom. The van der Waals surface area contributed by atoms with Crippen LogP contribution >= 0.6 is 35.0 Å². The highest BCUT2D eigenvalue weighted by Crippen LogP contribution is 2.32. The number of nitrogens with one attached hydrogen (secondary N) is 1. The van der Waals surface area contributed by atoms with Crippen LogP contribution in [0, 0.1) is 0 Å². The van der Waals surface area contributed by atoms with E-state index >= 15 is 0 Å². The van der Waals surface area contributed by atoms with E-state index < -0.39 is 0 Å². The van der Waals surface area contributed by atoms with E-state index in [1.165, 1.54) is 11.8 Å². The van der Waals surface area contributed by atoms with Crippen LogP contribution in [0.3, 0.4) is 0 Å². The number of aromatic nitrogens is 2. The van der Waals surface area contributed by atoms with E-state index in [1.54, 1.807) is 6.20 Å². The van der Waals surface area contributed by atoms with Crippen molar-refractivity contribution in [1.82, 2.24) is 9.97 Å². The van der Waals surface area contributed by atoms with E-state index in [1.807, 2.05) is 31.2 Å². The first-order chi connectivity index (χ1) is 8.69. The van der Waals surface area contributed by atoms with Crippen molar-refractivity contribution < 1.29 is 0 Å². The van der Waals surface area contributed by atoms with Gasteiger partial charge in [-0.2, -0.15) is 0 Å². The Labute approximate surface area is 120 Å². The number of nitrogens with zero attached hydrogens (tertiary/aromatic N) is 2. The van der Waals surface area contributed by atoms with Crippen molar-refractivity contribution in [2.45, 2.75) is 16.8 Å². The average molecular weight is 300 g/mol. The molecular formula is C12H11Cl2N3S. The molecule has 18 heavy (non-hydrogen) atoms. The molecule has 1 aromatic heterocycles. The van der Waals surface area contributed by atoms with Gasteiger partial charge in [0.1, 0.15) is 5.03 Å². The average Bonchev–Trinajstić information content (AvgIpc) is 2.36. The van der Waals surface area contributed by atoms with Gasteiger partial charge in [-0.3, -0.25) is 0 Å². The van der Waals surface area contributed by atoms with Gasteiger partial charge in [-0.15, -0.1) is 0 Å². The lowest BCUT2D eigenvalue weighted by Gasteiger charge is -2.06. The number of halogens is 2. The molecule has 0 saturated heterocycles. The third kappa shape index (κ3) is 3.51. The summed E-state index contributed by atoms with van der Waals surface area (Å²) in [6.07, 6.45) is 1.60. The van der Waals surface area contributed by atoms with Gasteiger partial charge >= 0.3 is 0 Å². The number of benzene rings is 1. The molecule has 1 heterocycles. The maximum absolute atomic E-state index is 6.08. The first kappa shape index (κ1) is 13.5. The molecule has 0 aliphatic heterocycles. The SMILES string of the molecule is CCNc1ncc(Cl)c(Sc2ccc(Cl)cc2)n1. The fourth-order valence-electron chi connectivity index (χ4n) is 1.28. The van der Waals surface area contributed by atoms with Gasteiger partial charge in [-0.05, 0) is 31.2 Å².